The average molecular weight is 434 g/mol. The van der Waals surface area contributed by atoms with E-state index >= 15 is 0 Å². The number of hydrogen-bond donors (Lipinski definition) is 1. The molecule has 1 fully saturated rings. The third-order valence-corrected chi connectivity index (χ3v) is 5.38. The Kier molecular flexibility index (Phi) is 5.69. The molecule has 0 saturated heterocycles. The molecule has 1 aromatic carbocycles. The van der Waals surface area contributed by atoms with Gasteiger partial charge in [-0.1, -0.05) is 37.0 Å². The van der Waals surface area contributed by atoms with Crippen molar-refractivity contribution in [1.82, 2.24) is 9.36 Å². The molecule has 2 aromatic rings. The number of nitrogens with one attached hydrogen (secondary N) is 1. The topological polar surface area (TPSA) is 64.1 Å². The maximum absolute atomic E-state index is 12.5. The first kappa shape index (κ1) is 20.0. The number of carbonyl (C=O) groups is 1. The summed E-state index contributed by atoms with van der Waals surface area (Å²) >= 11 is 12.4. The molecule has 2 unspecified atom stereocenters. The maximum atomic E-state index is 12.5. The number of amides is 1. The van der Waals surface area contributed by atoms with Crippen molar-refractivity contribution in [2.45, 2.75) is 20.5 Å². The number of carbonyl (C=O) groups excluding carboxylic acids is 1. The predicted molar refractivity (Wildman–Crippen MR) is 101 cm³/mol. The lowest BCUT2D eigenvalue weighted by Gasteiger charge is -2.04. The third kappa shape index (κ3) is 4.56. The van der Waals surface area contributed by atoms with Crippen molar-refractivity contribution >= 4 is 45.8 Å². The fourth-order valence-electron chi connectivity index (χ4n) is 2.99. The van der Waals surface area contributed by atoms with Crippen molar-refractivity contribution in [2.75, 3.05) is 5.32 Å². The first-order valence-electron chi connectivity index (χ1n) is 7.91. The van der Waals surface area contributed by atoms with E-state index in [0.29, 0.717) is 16.5 Å². The molecule has 5 nitrogen and oxygen atoms in total. The van der Waals surface area contributed by atoms with Crippen LogP contribution >= 0.6 is 34.7 Å². The minimum atomic E-state index is -2.88. The van der Waals surface area contributed by atoms with Crippen LogP contribution in [-0.4, -0.2) is 21.9 Å². The van der Waals surface area contributed by atoms with Gasteiger partial charge in [-0.3, -0.25) is 4.79 Å². The zero-order valence-electron chi connectivity index (χ0n) is 14.2. The van der Waals surface area contributed by atoms with Crippen molar-refractivity contribution in [3.63, 3.8) is 0 Å². The molecule has 2 atom stereocenters. The van der Waals surface area contributed by atoms with Gasteiger partial charge < -0.3 is 10.1 Å². The van der Waals surface area contributed by atoms with E-state index in [1.54, 1.807) is 18.2 Å². The molecule has 0 spiro atoms. The van der Waals surface area contributed by atoms with Crippen LogP contribution < -0.4 is 10.1 Å². The van der Waals surface area contributed by atoms with Crippen molar-refractivity contribution in [1.29, 1.82) is 0 Å². The van der Waals surface area contributed by atoms with Crippen molar-refractivity contribution in [3.8, 4) is 17.1 Å². The van der Waals surface area contributed by atoms with E-state index in [0.717, 1.165) is 11.5 Å². The van der Waals surface area contributed by atoms with Gasteiger partial charge in [-0.25, -0.2) is 0 Å². The van der Waals surface area contributed by atoms with Crippen molar-refractivity contribution in [2.24, 2.45) is 17.3 Å². The molecule has 3 rings (SSSR count). The number of allylic oxidation sites excluding steroid dienone is 1. The summed E-state index contributed by atoms with van der Waals surface area (Å²) in [5.74, 6) is -0.0562. The van der Waals surface area contributed by atoms with Gasteiger partial charge in [0.05, 0.1) is 5.92 Å². The molecule has 1 aliphatic rings. The van der Waals surface area contributed by atoms with E-state index in [4.69, 9.17) is 23.2 Å². The number of hydrogen-bond acceptors (Lipinski definition) is 5. The average Bonchev–Trinajstić information content (AvgIpc) is 2.91. The summed E-state index contributed by atoms with van der Waals surface area (Å²) < 4.78 is 33.0. The molecule has 10 heteroatoms. The van der Waals surface area contributed by atoms with Gasteiger partial charge in [0, 0.05) is 17.1 Å². The summed E-state index contributed by atoms with van der Waals surface area (Å²) in [7, 11) is 0. The normalized spacial score (nSPS) is 20.3. The molecule has 1 saturated carbocycles. The number of nitrogens with zero attached hydrogens (tertiary/aromatic N) is 2. The lowest BCUT2D eigenvalue weighted by atomic mass is 10.1. The lowest BCUT2D eigenvalue weighted by Crippen LogP contribution is -2.16. The van der Waals surface area contributed by atoms with Crippen LogP contribution in [0.25, 0.3) is 11.4 Å². The molecule has 1 N–H and O–H groups in total. The highest BCUT2D eigenvalue weighted by Crippen LogP contribution is 2.60. The summed E-state index contributed by atoms with van der Waals surface area (Å²) in [6.07, 6.45) is 1.67. The Morgan fingerprint density at radius 2 is 2.00 bits per heavy atom. The van der Waals surface area contributed by atoms with Gasteiger partial charge in [0.25, 0.3) is 0 Å². The van der Waals surface area contributed by atoms with Crippen LogP contribution in [0, 0.1) is 17.3 Å². The Balaban J connectivity index is 1.66. The Hall–Kier alpha value is -1.77. The number of anilines is 1. The van der Waals surface area contributed by atoms with E-state index in [2.05, 4.69) is 19.4 Å². The smallest absolute Gasteiger partial charge is 0.387 e. The molecule has 144 valence electrons. The zero-order chi connectivity index (χ0) is 19.8. The lowest BCUT2D eigenvalue weighted by molar-refractivity contribution is -0.118. The largest absolute Gasteiger partial charge is 0.435 e. The van der Waals surface area contributed by atoms with Crippen LogP contribution in [0.5, 0.6) is 5.75 Å². The zero-order valence-corrected chi connectivity index (χ0v) is 16.6. The van der Waals surface area contributed by atoms with Crippen molar-refractivity contribution < 1.29 is 18.3 Å². The van der Waals surface area contributed by atoms with Gasteiger partial charge in [-0.15, -0.1) is 0 Å². The minimum absolute atomic E-state index is 0.0442. The monoisotopic (exact) mass is 433 g/mol. The summed E-state index contributed by atoms with van der Waals surface area (Å²) in [6.45, 7) is 1.04. The summed E-state index contributed by atoms with van der Waals surface area (Å²) in [6, 6.07) is 5.94. The van der Waals surface area contributed by atoms with Gasteiger partial charge in [0.1, 0.15) is 10.2 Å². The number of halogens is 4. The fourth-order valence-corrected chi connectivity index (χ4v) is 3.85. The Morgan fingerprint density at radius 3 is 2.59 bits per heavy atom. The number of aromatic nitrogens is 2. The molecule has 0 aliphatic heterocycles. The van der Waals surface area contributed by atoms with E-state index < -0.39 is 6.61 Å². The van der Waals surface area contributed by atoms with E-state index in [-0.39, 0.29) is 33.4 Å². The number of alkyl halides is 2. The second-order valence-corrected chi connectivity index (χ2v) is 8.36. The quantitative estimate of drug-likeness (QED) is 0.667. The maximum Gasteiger partial charge on any atom is 0.387 e. The molecule has 0 bridgehead atoms. The number of ether oxygens (including phenoxy) is 1. The van der Waals surface area contributed by atoms with Gasteiger partial charge in [0.2, 0.25) is 11.0 Å². The highest BCUT2D eigenvalue weighted by molar-refractivity contribution is 7.10. The van der Waals surface area contributed by atoms with Crippen LogP contribution in [0.4, 0.5) is 13.9 Å². The minimum Gasteiger partial charge on any atom is -0.435 e. The highest BCUT2D eigenvalue weighted by Gasteiger charge is 2.60. The van der Waals surface area contributed by atoms with Gasteiger partial charge in [-0.2, -0.15) is 18.1 Å². The second kappa shape index (κ2) is 7.69. The second-order valence-electron chi connectivity index (χ2n) is 6.60. The summed E-state index contributed by atoms with van der Waals surface area (Å²) in [5, 5.41) is 3.11. The third-order valence-electron chi connectivity index (χ3n) is 4.49. The molecule has 0 radical (unpaired) electrons. The first-order chi connectivity index (χ1) is 12.7. The van der Waals surface area contributed by atoms with E-state index in [1.165, 1.54) is 12.1 Å². The molecular weight excluding hydrogens is 419 g/mol. The fraction of sp³-hybridized carbons (Fsp3) is 0.353. The van der Waals surface area contributed by atoms with Crippen LogP contribution in [0.2, 0.25) is 0 Å². The standard InChI is InChI=1S/C17H15Cl2F2N3O2S/c1-17(2)10(7-11(18)19)12(17)14(25)23-16-22-13(24-27-16)8-3-5-9(6-4-8)26-15(20)21/h3-7,10,12,15H,1-2H3,(H,22,23,24,25). The SMILES string of the molecule is CC1(C)C(C=C(Cl)Cl)C1C(=O)Nc1nc(-c2ccc(OC(F)F)cc2)ns1. The molecular formula is C17H15Cl2F2N3O2S. The molecule has 1 heterocycles. The highest BCUT2D eigenvalue weighted by atomic mass is 35.5. The summed E-state index contributed by atoms with van der Waals surface area (Å²) in [4.78, 5) is 16.8. The molecule has 1 aliphatic carbocycles. The van der Waals surface area contributed by atoms with Gasteiger partial charge >= 0.3 is 6.61 Å². The van der Waals surface area contributed by atoms with Crippen LogP contribution in [-0.2, 0) is 4.79 Å². The molecule has 1 amide bonds. The Morgan fingerprint density at radius 1 is 1.33 bits per heavy atom. The number of rotatable bonds is 6. The Labute approximate surface area is 168 Å². The first-order valence-corrected chi connectivity index (χ1v) is 9.44. The predicted octanol–water partition coefficient (Wildman–Crippen LogP) is 5.34. The Bertz CT molecular complexity index is 867. The molecule has 1 aromatic heterocycles. The van der Waals surface area contributed by atoms with Crippen LogP contribution in [0.1, 0.15) is 13.8 Å². The van der Waals surface area contributed by atoms with Gasteiger partial charge in [-0.05, 0) is 41.7 Å². The van der Waals surface area contributed by atoms with E-state index in [9.17, 15) is 13.6 Å². The van der Waals surface area contributed by atoms with Crippen LogP contribution in [0.15, 0.2) is 34.8 Å². The van der Waals surface area contributed by atoms with Crippen LogP contribution in [0.3, 0.4) is 0 Å². The van der Waals surface area contributed by atoms with Gasteiger partial charge in [0.15, 0.2) is 5.82 Å². The van der Waals surface area contributed by atoms with Crippen molar-refractivity contribution in [3.05, 3.63) is 34.8 Å². The summed E-state index contributed by atoms with van der Waals surface area (Å²) in [5.41, 5.74) is 0.377. The molecule has 27 heavy (non-hydrogen) atoms. The number of benzene rings is 1. The van der Waals surface area contributed by atoms with E-state index in [1.807, 2.05) is 13.8 Å².